The van der Waals surface area contributed by atoms with Crippen molar-refractivity contribution >= 4 is 9.84 Å². The standard InChI is InChI=1S/C10H20N4O2S/c1-9(2)6-11-7-10-8-14(13-12-10)4-5-17(3,15)16/h8-9,11H,4-7H2,1-3H3. The fourth-order valence-electron chi connectivity index (χ4n) is 1.28. The van der Waals surface area contributed by atoms with Crippen LogP contribution in [0.5, 0.6) is 0 Å². The van der Waals surface area contributed by atoms with Gasteiger partial charge in [0.15, 0.2) is 0 Å². The molecule has 1 heterocycles. The number of hydrogen-bond acceptors (Lipinski definition) is 5. The van der Waals surface area contributed by atoms with E-state index in [9.17, 15) is 8.42 Å². The molecule has 0 radical (unpaired) electrons. The first-order valence-corrected chi connectivity index (χ1v) is 7.70. The van der Waals surface area contributed by atoms with E-state index in [2.05, 4.69) is 29.5 Å². The Labute approximate surface area is 102 Å². The van der Waals surface area contributed by atoms with Crippen LogP contribution in [0.4, 0.5) is 0 Å². The molecular formula is C10H20N4O2S. The zero-order chi connectivity index (χ0) is 12.9. The van der Waals surface area contributed by atoms with Crippen molar-refractivity contribution in [2.75, 3.05) is 18.6 Å². The van der Waals surface area contributed by atoms with E-state index in [1.165, 1.54) is 6.26 Å². The predicted molar refractivity (Wildman–Crippen MR) is 66.3 cm³/mol. The molecule has 7 heteroatoms. The molecule has 0 saturated carbocycles. The van der Waals surface area contributed by atoms with Crippen LogP contribution in [0.25, 0.3) is 0 Å². The summed E-state index contributed by atoms with van der Waals surface area (Å²) in [5, 5.41) is 11.1. The lowest BCUT2D eigenvalue weighted by Gasteiger charge is -2.04. The van der Waals surface area contributed by atoms with E-state index in [1.807, 2.05) is 0 Å². The lowest BCUT2D eigenvalue weighted by Crippen LogP contribution is -2.19. The highest BCUT2D eigenvalue weighted by molar-refractivity contribution is 7.90. The molecule has 1 rings (SSSR count). The van der Waals surface area contributed by atoms with Gasteiger partial charge in [-0.25, -0.2) is 8.42 Å². The molecule has 1 N–H and O–H groups in total. The Hall–Kier alpha value is -0.950. The van der Waals surface area contributed by atoms with Crippen molar-refractivity contribution in [1.82, 2.24) is 20.3 Å². The van der Waals surface area contributed by atoms with Gasteiger partial charge in [-0.15, -0.1) is 5.10 Å². The predicted octanol–water partition coefficient (Wildman–Crippen LogP) is 0.0683. The van der Waals surface area contributed by atoms with E-state index >= 15 is 0 Å². The number of sulfone groups is 1. The molecule has 0 atom stereocenters. The average molecular weight is 260 g/mol. The van der Waals surface area contributed by atoms with Gasteiger partial charge in [-0.2, -0.15) is 0 Å². The van der Waals surface area contributed by atoms with Gasteiger partial charge in [-0.3, -0.25) is 4.68 Å². The first-order valence-electron chi connectivity index (χ1n) is 5.64. The van der Waals surface area contributed by atoms with Crippen LogP contribution >= 0.6 is 0 Å². The summed E-state index contributed by atoms with van der Waals surface area (Å²) >= 11 is 0. The van der Waals surface area contributed by atoms with Crippen molar-refractivity contribution in [2.24, 2.45) is 5.92 Å². The molecule has 98 valence electrons. The minimum Gasteiger partial charge on any atom is -0.311 e. The molecule has 0 unspecified atom stereocenters. The van der Waals surface area contributed by atoms with Crippen molar-refractivity contribution in [2.45, 2.75) is 26.9 Å². The van der Waals surface area contributed by atoms with Gasteiger partial charge in [0.05, 0.1) is 18.0 Å². The summed E-state index contributed by atoms with van der Waals surface area (Å²) in [6.45, 7) is 6.22. The van der Waals surface area contributed by atoms with E-state index < -0.39 is 9.84 Å². The van der Waals surface area contributed by atoms with E-state index in [4.69, 9.17) is 0 Å². The Morgan fingerprint density at radius 3 is 2.76 bits per heavy atom. The summed E-state index contributed by atoms with van der Waals surface area (Å²) in [5.41, 5.74) is 0.833. The van der Waals surface area contributed by atoms with E-state index in [0.717, 1.165) is 12.2 Å². The smallest absolute Gasteiger partial charge is 0.149 e. The number of aryl methyl sites for hydroxylation is 1. The molecule has 0 aromatic carbocycles. The highest BCUT2D eigenvalue weighted by Gasteiger charge is 2.05. The molecule has 0 fully saturated rings. The zero-order valence-corrected chi connectivity index (χ0v) is 11.4. The molecule has 17 heavy (non-hydrogen) atoms. The molecular weight excluding hydrogens is 240 g/mol. The van der Waals surface area contributed by atoms with Crippen molar-refractivity contribution in [3.63, 3.8) is 0 Å². The zero-order valence-electron chi connectivity index (χ0n) is 10.5. The molecule has 0 amide bonds. The first kappa shape index (κ1) is 14.1. The summed E-state index contributed by atoms with van der Waals surface area (Å²) in [4.78, 5) is 0. The molecule has 0 aliphatic heterocycles. The molecule has 1 aromatic rings. The normalized spacial score (nSPS) is 12.2. The van der Waals surface area contributed by atoms with Crippen LogP contribution in [0.15, 0.2) is 6.20 Å². The number of rotatable bonds is 7. The molecule has 0 bridgehead atoms. The Bertz CT molecular complexity index is 439. The molecule has 0 saturated heterocycles. The minimum atomic E-state index is -2.95. The van der Waals surface area contributed by atoms with Gasteiger partial charge in [0.1, 0.15) is 9.84 Å². The second-order valence-corrected chi connectivity index (χ2v) is 6.89. The summed E-state index contributed by atoms with van der Waals surface area (Å²) in [5.74, 6) is 0.685. The van der Waals surface area contributed by atoms with Gasteiger partial charge in [0.2, 0.25) is 0 Å². The summed E-state index contributed by atoms with van der Waals surface area (Å²) in [6, 6.07) is 0. The van der Waals surface area contributed by atoms with Crippen LogP contribution in [0.1, 0.15) is 19.5 Å². The Morgan fingerprint density at radius 1 is 1.47 bits per heavy atom. The lowest BCUT2D eigenvalue weighted by molar-refractivity contribution is 0.548. The number of hydrogen-bond donors (Lipinski definition) is 1. The van der Waals surface area contributed by atoms with Crippen LogP contribution in [0.2, 0.25) is 0 Å². The summed E-state index contributed by atoms with van der Waals surface area (Å²) < 4.78 is 23.5. The summed E-state index contributed by atoms with van der Waals surface area (Å²) in [6.07, 6.45) is 2.99. The molecule has 0 aliphatic rings. The fourth-order valence-corrected chi connectivity index (χ4v) is 1.80. The van der Waals surface area contributed by atoms with Gasteiger partial charge in [0.25, 0.3) is 0 Å². The van der Waals surface area contributed by atoms with Crippen LogP contribution < -0.4 is 5.32 Å². The Morgan fingerprint density at radius 2 is 2.18 bits per heavy atom. The van der Waals surface area contributed by atoms with Crippen molar-refractivity contribution in [1.29, 1.82) is 0 Å². The number of nitrogens with zero attached hydrogens (tertiary/aromatic N) is 3. The molecule has 1 aromatic heterocycles. The molecule has 0 spiro atoms. The SMILES string of the molecule is CC(C)CNCc1cn(CCS(C)(=O)=O)nn1. The van der Waals surface area contributed by atoms with Gasteiger partial charge in [-0.1, -0.05) is 19.1 Å². The number of aromatic nitrogens is 3. The monoisotopic (exact) mass is 260 g/mol. The quantitative estimate of drug-likeness (QED) is 0.750. The van der Waals surface area contributed by atoms with E-state index in [0.29, 0.717) is 19.0 Å². The van der Waals surface area contributed by atoms with Crippen LogP contribution in [-0.4, -0.2) is 42.0 Å². The fraction of sp³-hybridized carbons (Fsp3) is 0.800. The topological polar surface area (TPSA) is 76.9 Å². The highest BCUT2D eigenvalue weighted by atomic mass is 32.2. The van der Waals surface area contributed by atoms with Crippen LogP contribution in [0.3, 0.4) is 0 Å². The summed E-state index contributed by atoms with van der Waals surface area (Å²) in [7, 11) is -2.95. The molecule has 0 aliphatic carbocycles. The van der Waals surface area contributed by atoms with Crippen molar-refractivity contribution in [3.8, 4) is 0 Å². The maximum atomic E-state index is 11.0. The maximum Gasteiger partial charge on any atom is 0.149 e. The van der Waals surface area contributed by atoms with Gasteiger partial charge in [-0.05, 0) is 12.5 Å². The minimum absolute atomic E-state index is 0.0925. The lowest BCUT2D eigenvalue weighted by atomic mass is 10.2. The maximum absolute atomic E-state index is 11.0. The third kappa shape index (κ3) is 6.38. The first-order chi connectivity index (χ1) is 7.87. The Balaban J connectivity index is 2.37. The largest absolute Gasteiger partial charge is 0.311 e. The third-order valence-corrected chi connectivity index (χ3v) is 3.06. The van der Waals surface area contributed by atoms with Crippen molar-refractivity contribution < 1.29 is 8.42 Å². The second-order valence-electron chi connectivity index (χ2n) is 4.63. The Kier molecular flexibility index (Phi) is 5.07. The average Bonchev–Trinajstić information content (AvgIpc) is 2.61. The van der Waals surface area contributed by atoms with Gasteiger partial charge in [0, 0.05) is 19.0 Å². The van der Waals surface area contributed by atoms with E-state index in [-0.39, 0.29) is 5.75 Å². The molecule has 6 nitrogen and oxygen atoms in total. The van der Waals surface area contributed by atoms with Crippen LogP contribution in [0, 0.1) is 5.92 Å². The van der Waals surface area contributed by atoms with Crippen LogP contribution in [-0.2, 0) is 22.9 Å². The highest BCUT2D eigenvalue weighted by Crippen LogP contribution is 1.95. The van der Waals surface area contributed by atoms with E-state index in [1.54, 1.807) is 10.9 Å². The third-order valence-electron chi connectivity index (χ3n) is 2.14. The number of nitrogens with one attached hydrogen (secondary N) is 1. The van der Waals surface area contributed by atoms with Crippen molar-refractivity contribution in [3.05, 3.63) is 11.9 Å². The second kappa shape index (κ2) is 6.11. The van der Waals surface area contributed by atoms with Gasteiger partial charge >= 0.3 is 0 Å². The van der Waals surface area contributed by atoms with Gasteiger partial charge < -0.3 is 5.32 Å².